The molecule has 0 radical (unpaired) electrons. The molecule has 0 aromatic carbocycles. The molecule has 0 bridgehead atoms. The van der Waals surface area contributed by atoms with Gasteiger partial charge < -0.3 is 15.5 Å². The van der Waals surface area contributed by atoms with Crippen LogP contribution in [0.1, 0.15) is 26.7 Å². The van der Waals surface area contributed by atoms with E-state index in [0.29, 0.717) is 0 Å². The third kappa shape index (κ3) is 4.71. The van der Waals surface area contributed by atoms with Crippen molar-refractivity contribution in [2.75, 3.05) is 59.4 Å². The van der Waals surface area contributed by atoms with E-state index in [2.05, 4.69) is 41.3 Å². The summed E-state index contributed by atoms with van der Waals surface area (Å²) in [6.07, 6.45) is 2.72. The maximum absolute atomic E-state index is 3.73. The van der Waals surface area contributed by atoms with Gasteiger partial charge in [0, 0.05) is 38.3 Å². The van der Waals surface area contributed by atoms with Crippen LogP contribution in [0.4, 0.5) is 0 Å². The van der Waals surface area contributed by atoms with Crippen molar-refractivity contribution in [1.82, 2.24) is 20.4 Å². The summed E-state index contributed by atoms with van der Waals surface area (Å²) in [4.78, 5) is 5.06. The third-order valence-corrected chi connectivity index (χ3v) is 4.80. The normalized spacial score (nSPS) is 24.8. The zero-order chi connectivity index (χ0) is 13.7. The third-order valence-electron chi connectivity index (χ3n) is 4.80. The molecule has 0 aromatic rings. The van der Waals surface area contributed by atoms with Crippen molar-refractivity contribution in [1.29, 1.82) is 0 Å². The van der Waals surface area contributed by atoms with Crippen molar-refractivity contribution in [3.63, 3.8) is 0 Å². The fraction of sp³-hybridized carbons (Fsp3) is 1.00. The highest BCUT2D eigenvalue weighted by Gasteiger charge is 2.27. The first-order valence-electron chi connectivity index (χ1n) is 7.93. The fourth-order valence-electron chi connectivity index (χ4n) is 3.23. The average molecular weight is 268 g/mol. The highest BCUT2D eigenvalue weighted by atomic mass is 15.2. The van der Waals surface area contributed by atoms with Crippen molar-refractivity contribution >= 4 is 0 Å². The molecule has 2 heterocycles. The number of piperazine rings is 1. The highest BCUT2D eigenvalue weighted by molar-refractivity contribution is 4.87. The molecule has 2 aliphatic heterocycles. The summed E-state index contributed by atoms with van der Waals surface area (Å²) < 4.78 is 0. The zero-order valence-corrected chi connectivity index (χ0v) is 13.0. The first kappa shape index (κ1) is 15.2. The van der Waals surface area contributed by atoms with Crippen LogP contribution >= 0.6 is 0 Å². The number of hydrogen-bond donors (Lipinski definition) is 2. The molecule has 0 saturated carbocycles. The molecule has 0 aromatic heterocycles. The number of nitrogens with one attached hydrogen (secondary N) is 2. The lowest BCUT2D eigenvalue weighted by Crippen LogP contribution is -2.57. The summed E-state index contributed by atoms with van der Waals surface area (Å²) in [5.74, 6) is 0.884. The Morgan fingerprint density at radius 1 is 1.11 bits per heavy atom. The summed E-state index contributed by atoms with van der Waals surface area (Å²) in [7, 11) is 2.23. The number of nitrogens with zero attached hydrogens (tertiary/aromatic N) is 2. The van der Waals surface area contributed by atoms with Crippen molar-refractivity contribution < 1.29 is 0 Å². The Morgan fingerprint density at radius 3 is 2.37 bits per heavy atom. The number of likely N-dealkylation sites (tertiary alicyclic amines) is 1. The van der Waals surface area contributed by atoms with Crippen molar-refractivity contribution in [3.8, 4) is 0 Å². The lowest BCUT2D eigenvalue weighted by atomic mass is 9.96. The van der Waals surface area contributed by atoms with Gasteiger partial charge in [0.2, 0.25) is 0 Å². The molecular formula is C15H32N4. The average Bonchev–Trinajstić information content (AvgIpc) is 2.42. The molecule has 0 spiro atoms. The van der Waals surface area contributed by atoms with Gasteiger partial charge in [-0.2, -0.15) is 0 Å². The van der Waals surface area contributed by atoms with Crippen LogP contribution < -0.4 is 10.6 Å². The van der Waals surface area contributed by atoms with E-state index in [1.165, 1.54) is 45.6 Å². The van der Waals surface area contributed by atoms with Gasteiger partial charge in [0.25, 0.3) is 0 Å². The van der Waals surface area contributed by atoms with Crippen LogP contribution in [0.2, 0.25) is 0 Å². The molecule has 2 aliphatic rings. The largest absolute Gasteiger partial charge is 0.315 e. The zero-order valence-electron chi connectivity index (χ0n) is 13.0. The van der Waals surface area contributed by atoms with Gasteiger partial charge in [-0.3, -0.25) is 4.90 Å². The Kier molecular flexibility index (Phi) is 5.63. The molecule has 0 atom stereocenters. The Labute approximate surface area is 118 Å². The molecule has 4 nitrogen and oxygen atoms in total. The van der Waals surface area contributed by atoms with Gasteiger partial charge in [-0.15, -0.1) is 0 Å². The summed E-state index contributed by atoms with van der Waals surface area (Å²) in [5, 5.41) is 7.16. The van der Waals surface area contributed by atoms with Gasteiger partial charge >= 0.3 is 0 Å². The first-order valence-corrected chi connectivity index (χ1v) is 7.93. The van der Waals surface area contributed by atoms with E-state index < -0.39 is 0 Å². The first-order chi connectivity index (χ1) is 9.08. The van der Waals surface area contributed by atoms with Crippen LogP contribution in [0, 0.1) is 5.92 Å². The van der Waals surface area contributed by atoms with Gasteiger partial charge in [0.1, 0.15) is 0 Å². The minimum atomic E-state index is 0.285. The number of rotatable bonds is 5. The molecule has 112 valence electrons. The van der Waals surface area contributed by atoms with Crippen LogP contribution in [0.5, 0.6) is 0 Å². The van der Waals surface area contributed by atoms with Gasteiger partial charge in [-0.1, -0.05) is 0 Å². The summed E-state index contributed by atoms with van der Waals surface area (Å²) in [6.45, 7) is 14.2. The van der Waals surface area contributed by atoms with Crippen LogP contribution in [0.15, 0.2) is 0 Å². The quantitative estimate of drug-likeness (QED) is 0.764. The Hall–Kier alpha value is -0.160. The molecule has 19 heavy (non-hydrogen) atoms. The smallest absolute Gasteiger partial charge is 0.0278 e. The number of piperidine rings is 1. The van der Waals surface area contributed by atoms with Gasteiger partial charge in [0.05, 0.1) is 0 Å². The standard InChI is InChI=1S/C15H32N4/c1-15(2,19-10-6-16-7-11-19)13-17-12-14-4-8-18(3)9-5-14/h14,16-17H,4-13H2,1-3H3. The number of hydrogen-bond acceptors (Lipinski definition) is 4. The van der Waals surface area contributed by atoms with E-state index in [4.69, 9.17) is 0 Å². The minimum absolute atomic E-state index is 0.285. The van der Waals surface area contributed by atoms with E-state index in [9.17, 15) is 0 Å². The Bertz CT molecular complexity index is 253. The second-order valence-corrected chi connectivity index (χ2v) is 6.93. The van der Waals surface area contributed by atoms with Crippen molar-refractivity contribution in [2.24, 2.45) is 5.92 Å². The predicted molar refractivity (Wildman–Crippen MR) is 81.6 cm³/mol. The summed E-state index contributed by atoms with van der Waals surface area (Å²) in [6, 6.07) is 0. The molecule has 2 rings (SSSR count). The van der Waals surface area contributed by atoms with Crippen LogP contribution in [0.3, 0.4) is 0 Å². The predicted octanol–water partition coefficient (Wildman–Crippen LogP) is 0.602. The maximum Gasteiger partial charge on any atom is 0.0278 e. The van der Waals surface area contributed by atoms with Crippen molar-refractivity contribution in [2.45, 2.75) is 32.2 Å². The molecule has 0 aliphatic carbocycles. The topological polar surface area (TPSA) is 30.5 Å². The maximum atomic E-state index is 3.73. The van der Waals surface area contributed by atoms with Crippen LogP contribution in [-0.4, -0.2) is 74.7 Å². The lowest BCUT2D eigenvalue weighted by Gasteiger charge is -2.41. The molecule has 2 saturated heterocycles. The molecule has 4 heteroatoms. The van der Waals surface area contributed by atoms with E-state index in [0.717, 1.165) is 25.6 Å². The van der Waals surface area contributed by atoms with Crippen molar-refractivity contribution in [3.05, 3.63) is 0 Å². The summed E-state index contributed by atoms with van der Waals surface area (Å²) >= 11 is 0. The van der Waals surface area contributed by atoms with E-state index in [-0.39, 0.29) is 5.54 Å². The van der Waals surface area contributed by atoms with Crippen LogP contribution in [0.25, 0.3) is 0 Å². The fourth-order valence-corrected chi connectivity index (χ4v) is 3.23. The monoisotopic (exact) mass is 268 g/mol. The molecule has 0 unspecified atom stereocenters. The summed E-state index contributed by atoms with van der Waals surface area (Å²) in [5.41, 5.74) is 0.285. The van der Waals surface area contributed by atoms with E-state index >= 15 is 0 Å². The van der Waals surface area contributed by atoms with Gasteiger partial charge in [-0.25, -0.2) is 0 Å². The molecular weight excluding hydrogens is 236 g/mol. The van der Waals surface area contributed by atoms with Gasteiger partial charge in [-0.05, 0) is 59.3 Å². The Balaban J connectivity index is 1.66. The van der Waals surface area contributed by atoms with Crippen LogP contribution in [-0.2, 0) is 0 Å². The van der Waals surface area contributed by atoms with Gasteiger partial charge in [0.15, 0.2) is 0 Å². The molecule has 2 fully saturated rings. The molecule has 0 amide bonds. The Morgan fingerprint density at radius 2 is 1.74 bits per heavy atom. The second kappa shape index (κ2) is 7.02. The molecule has 2 N–H and O–H groups in total. The second-order valence-electron chi connectivity index (χ2n) is 6.93. The highest BCUT2D eigenvalue weighted by Crippen LogP contribution is 2.17. The lowest BCUT2D eigenvalue weighted by molar-refractivity contribution is 0.0997. The van der Waals surface area contributed by atoms with E-state index in [1.807, 2.05) is 0 Å². The SMILES string of the molecule is CN1CCC(CNCC(C)(C)N2CCNCC2)CC1. The minimum Gasteiger partial charge on any atom is -0.315 e. The van der Waals surface area contributed by atoms with E-state index in [1.54, 1.807) is 0 Å².